The number of carbonyl (C=O) groups is 1. The van der Waals surface area contributed by atoms with Crippen LogP contribution < -0.4 is 5.32 Å². The summed E-state index contributed by atoms with van der Waals surface area (Å²) < 4.78 is 7.03. The lowest BCUT2D eigenvalue weighted by Gasteiger charge is -2.21. The van der Waals surface area contributed by atoms with Gasteiger partial charge in [0, 0.05) is 31.7 Å². The van der Waals surface area contributed by atoms with Gasteiger partial charge in [0.2, 0.25) is 5.91 Å². The number of nitrogens with zero attached hydrogens (tertiary/aromatic N) is 2. The third-order valence-corrected chi connectivity index (χ3v) is 3.53. The van der Waals surface area contributed by atoms with Crippen LogP contribution in [-0.4, -0.2) is 28.9 Å². The Bertz CT molecular complexity index is 434. The zero-order chi connectivity index (χ0) is 13.1. The van der Waals surface area contributed by atoms with E-state index < -0.39 is 0 Å². The average Bonchev–Trinajstić information content (AvgIpc) is 2.64. The molecule has 1 fully saturated rings. The molecule has 0 atom stereocenters. The van der Waals surface area contributed by atoms with E-state index in [-0.39, 0.29) is 11.8 Å². The van der Waals surface area contributed by atoms with Crippen LogP contribution in [0, 0.1) is 12.8 Å². The van der Waals surface area contributed by atoms with Crippen molar-refractivity contribution in [2.45, 2.75) is 33.1 Å². The molecule has 0 aromatic carbocycles. The predicted molar refractivity (Wildman–Crippen MR) is 69.5 cm³/mol. The van der Waals surface area contributed by atoms with E-state index >= 15 is 0 Å². The molecule has 2 rings (SSSR count). The van der Waals surface area contributed by atoms with Gasteiger partial charge in [0.25, 0.3) is 0 Å². The van der Waals surface area contributed by atoms with E-state index in [0.29, 0.717) is 13.2 Å². The molecule has 1 amide bonds. The van der Waals surface area contributed by atoms with Crippen LogP contribution in [0.5, 0.6) is 0 Å². The number of rotatable bonds is 3. The van der Waals surface area contributed by atoms with Gasteiger partial charge in [-0.2, -0.15) is 5.10 Å². The summed E-state index contributed by atoms with van der Waals surface area (Å²) in [7, 11) is 1.87. The molecule has 2 heterocycles. The third-order valence-electron chi connectivity index (χ3n) is 3.53. The van der Waals surface area contributed by atoms with Crippen molar-refractivity contribution < 1.29 is 9.53 Å². The van der Waals surface area contributed by atoms with E-state index in [1.165, 1.54) is 0 Å². The van der Waals surface area contributed by atoms with Crippen molar-refractivity contribution >= 4 is 11.7 Å². The van der Waals surface area contributed by atoms with Gasteiger partial charge in [-0.3, -0.25) is 9.48 Å². The molecule has 1 N–H and O–H groups in total. The summed E-state index contributed by atoms with van der Waals surface area (Å²) in [5, 5.41) is 7.38. The van der Waals surface area contributed by atoms with Crippen LogP contribution in [0.4, 0.5) is 5.82 Å². The standard InChI is InChI=1S/C13H21N3O2/c1-4-11-9(2)15-16(3)12(11)14-13(17)10-5-7-18-8-6-10/h10H,4-8H2,1-3H3,(H,14,17). The second kappa shape index (κ2) is 5.52. The van der Waals surface area contributed by atoms with Gasteiger partial charge >= 0.3 is 0 Å². The molecule has 0 radical (unpaired) electrons. The van der Waals surface area contributed by atoms with Crippen molar-refractivity contribution in [3.63, 3.8) is 0 Å². The SMILES string of the molecule is CCc1c(C)nn(C)c1NC(=O)C1CCOCC1. The minimum absolute atomic E-state index is 0.0682. The summed E-state index contributed by atoms with van der Waals surface area (Å²) in [5.74, 6) is 1.00. The summed E-state index contributed by atoms with van der Waals surface area (Å²) in [5.41, 5.74) is 2.11. The van der Waals surface area contributed by atoms with Crippen molar-refractivity contribution in [2.24, 2.45) is 13.0 Å². The van der Waals surface area contributed by atoms with E-state index in [1.54, 1.807) is 4.68 Å². The second-order valence-corrected chi connectivity index (χ2v) is 4.77. The fraction of sp³-hybridized carbons (Fsp3) is 0.692. The van der Waals surface area contributed by atoms with Crippen molar-refractivity contribution in [3.8, 4) is 0 Å². The minimum Gasteiger partial charge on any atom is -0.381 e. The highest BCUT2D eigenvalue weighted by Crippen LogP contribution is 2.22. The Morgan fingerprint density at radius 2 is 2.17 bits per heavy atom. The highest BCUT2D eigenvalue weighted by atomic mass is 16.5. The van der Waals surface area contributed by atoms with Gasteiger partial charge in [0.15, 0.2) is 0 Å². The number of aryl methyl sites for hydroxylation is 2. The molecule has 0 saturated carbocycles. The zero-order valence-corrected chi connectivity index (χ0v) is 11.3. The van der Waals surface area contributed by atoms with Crippen LogP contribution >= 0.6 is 0 Å². The molecule has 1 aromatic rings. The lowest BCUT2D eigenvalue weighted by atomic mass is 9.99. The molecule has 0 unspecified atom stereocenters. The van der Waals surface area contributed by atoms with E-state index in [9.17, 15) is 4.79 Å². The van der Waals surface area contributed by atoms with Gasteiger partial charge in [-0.15, -0.1) is 0 Å². The van der Waals surface area contributed by atoms with Crippen molar-refractivity contribution in [1.82, 2.24) is 9.78 Å². The number of nitrogens with one attached hydrogen (secondary N) is 1. The maximum atomic E-state index is 12.2. The Kier molecular flexibility index (Phi) is 4.01. The number of ether oxygens (including phenoxy) is 1. The van der Waals surface area contributed by atoms with Gasteiger partial charge in [-0.05, 0) is 26.2 Å². The summed E-state index contributed by atoms with van der Waals surface area (Å²) >= 11 is 0. The molecule has 0 aliphatic carbocycles. The molecule has 0 bridgehead atoms. The Morgan fingerprint density at radius 3 is 2.78 bits per heavy atom. The molecule has 5 nitrogen and oxygen atoms in total. The molecule has 1 aromatic heterocycles. The molecule has 1 aliphatic heterocycles. The molecular weight excluding hydrogens is 230 g/mol. The number of hydrogen-bond acceptors (Lipinski definition) is 3. The minimum atomic E-state index is 0.0682. The fourth-order valence-corrected chi connectivity index (χ4v) is 2.46. The van der Waals surface area contributed by atoms with Crippen molar-refractivity contribution in [1.29, 1.82) is 0 Å². The number of amides is 1. The van der Waals surface area contributed by atoms with Gasteiger partial charge in [-0.25, -0.2) is 0 Å². The van der Waals surface area contributed by atoms with Gasteiger partial charge in [-0.1, -0.05) is 6.92 Å². The lowest BCUT2D eigenvalue weighted by molar-refractivity contribution is -0.122. The number of anilines is 1. The van der Waals surface area contributed by atoms with Crippen LogP contribution in [0.1, 0.15) is 31.0 Å². The predicted octanol–water partition coefficient (Wildman–Crippen LogP) is 1.66. The normalized spacial score (nSPS) is 16.8. The maximum absolute atomic E-state index is 12.2. The largest absolute Gasteiger partial charge is 0.381 e. The first-order valence-electron chi connectivity index (χ1n) is 6.54. The summed E-state index contributed by atoms with van der Waals surface area (Å²) in [4.78, 5) is 12.2. The van der Waals surface area contributed by atoms with E-state index in [4.69, 9.17) is 4.74 Å². The highest BCUT2D eigenvalue weighted by Gasteiger charge is 2.23. The van der Waals surface area contributed by atoms with Crippen molar-refractivity contribution in [2.75, 3.05) is 18.5 Å². The smallest absolute Gasteiger partial charge is 0.228 e. The Hall–Kier alpha value is -1.36. The number of aromatic nitrogens is 2. The first-order valence-corrected chi connectivity index (χ1v) is 6.54. The molecule has 1 saturated heterocycles. The number of carbonyl (C=O) groups excluding carboxylic acids is 1. The van der Waals surface area contributed by atoms with E-state index in [1.807, 2.05) is 14.0 Å². The zero-order valence-electron chi connectivity index (χ0n) is 11.3. The maximum Gasteiger partial charge on any atom is 0.228 e. The van der Waals surface area contributed by atoms with Gasteiger partial charge in [0.1, 0.15) is 5.82 Å². The molecule has 100 valence electrons. The molecule has 0 spiro atoms. The third kappa shape index (κ3) is 2.56. The van der Waals surface area contributed by atoms with Gasteiger partial charge in [0.05, 0.1) is 5.69 Å². The van der Waals surface area contributed by atoms with Gasteiger partial charge < -0.3 is 10.1 Å². The lowest BCUT2D eigenvalue weighted by Crippen LogP contribution is -2.29. The monoisotopic (exact) mass is 251 g/mol. The van der Waals surface area contributed by atoms with Crippen LogP contribution in [0.2, 0.25) is 0 Å². The fourth-order valence-electron chi connectivity index (χ4n) is 2.46. The molecule has 18 heavy (non-hydrogen) atoms. The Balaban J connectivity index is 2.10. The highest BCUT2D eigenvalue weighted by molar-refractivity contribution is 5.92. The van der Waals surface area contributed by atoms with E-state index in [0.717, 1.165) is 36.3 Å². The van der Waals surface area contributed by atoms with Crippen LogP contribution in [0.15, 0.2) is 0 Å². The molecule has 5 heteroatoms. The average molecular weight is 251 g/mol. The first-order chi connectivity index (χ1) is 8.63. The second-order valence-electron chi connectivity index (χ2n) is 4.77. The quantitative estimate of drug-likeness (QED) is 0.888. The van der Waals surface area contributed by atoms with Crippen LogP contribution in [0.3, 0.4) is 0 Å². The molecule has 1 aliphatic rings. The van der Waals surface area contributed by atoms with E-state index in [2.05, 4.69) is 17.3 Å². The summed E-state index contributed by atoms with van der Waals surface area (Å²) in [6, 6.07) is 0. The summed E-state index contributed by atoms with van der Waals surface area (Å²) in [6.45, 7) is 5.42. The van der Waals surface area contributed by atoms with Crippen LogP contribution in [-0.2, 0) is 23.0 Å². The molecular formula is C13H21N3O2. The van der Waals surface area contributed by atoms with Crippen LogP contribution in [0.25, 0.3) is 0 Å². The number of hydrogen-bond donors (Lipinski definition) is 1. The topological polar surface area (TPSA) is 56.2 Å². The van der Waals surface area contributed by atoms with Crippen molar-refractivity contribution in [3.05, 3.63) is 11.3 Å². The first kappa shape index (κ1) is 13.1. The summed E-state index contributed by atoms with van der Waals surface area (Å²) in [6.07, 6.45) is 2.50. The Morgan fingerprint density at radius 1 is 1.50 bits per heavy atom. The Labute approximate surface area is 108 Å².